The van der Waals surface area contributed by atoms with E-state index in [-0.39, 0.29) is 0 Å². The lowest BCUT2D eigenvalue weighted by atomic mass is 10.0. The van der Waals surface area contributed by atoms with Gasteiger partial charge in [0.05, 0.1) is 0 Å². The minimum absolute atomic E-state index is 0.437. The van der Waals surface area contributed by atoms with Crippen LogP contribution in [-0.4, -0.2) is 5.78 Å². The van der Waals surface area contributed by atoms with Crippen molar-refractivity contribution in [3.63, 3.8) is 0 Å². The highest BCUT2D eigenvalue weighted by molar-refractivity contribution is 5.78. The number of Topliss-reactive ketones (excluding diaryl/α,β-unsaturated/α-hetero) is 1. The van der Waals surface area contributed by atoms with Crippen molar-refractivity contribution in [2.45, 2.75) is 57.8 Å². The predicted molar refractivity (Wildman–Crippen MR) is 77.4 cm³/mol. The summed E-state index contributed by atoms with van der Waals surface area (Å²) in [5, 5.41) is 0. The molecule has 0 aromatic heterocycles. The fourth-order valence-corrected chi connectivity index (χ4v) is 2.10. The van der Waals surface area contributed by atoms with E-state index in [4.69, 9.17) is 0 Å². The van der Waals surface area contributed by atoms with Crippen LogP contribution in [0.4, 0.5) is 0 Å². The molecule has 0 heterocycles. The summed E-state index contributed by atoms with van der Waals surface area (Å²) in [7, 11) is 0. The van der Waals surface area contributed by atoms with Crippen LogP contribution in [0.2, 0.25) is 0 Å². The SMILES string of the molecule is [CH2]CCCCCC(=O)CCCCc1ccccc1. The summed E-state index contributed by atoms with van der Waals surface area (Å²) < 4.78 is 0. The zero-order valence-corrected chi connectivity index (χ0v) is 11.4. The van der Waals surface area contributed by atoms with E-state index in [1.165, 1.54) is 5.56 Å². The molecule has 0 spiro atoms. The van der Waals surface area contributed by atoms with E-state index < -0.39 is 0 Å². The third kappa shape index (κ3) is 7.26. The van der Waals surface area contributed by atoms with Gasteiger partial charge in [-0.2, -0.15) is 0 Å². The molecule has 18 heavy (non-hydrogen) atoms. The van der Waals surface area contributed by atoms with Crippen LogP contribution in [0.15, 0.2) is 30.3 Å². The minimum atomic E-state index is 0.437. The number of carbonyl (C=O) groups excluding carboxylic acids is 1. The van der Waals surface area contributed by atoms with Crippen LogP contribution in [0, 0.1) is 6.92 Å². The number of hydrogen-bond acceptors (Lipinski definition) is 1. The van der Waals surface area contributed by atoms with E-state index in [0.717, 1.165) is 57.8 Å². The third-order valence-corrected chi connectivity index (χ3v) is 3.22. The van der Waals surface area contributed by atoms with Gasteiger partial charge in [-0.25, -0.2) is 0 Å². The molecule has 99 valence electrons. The van der Waals surface area contributed by atoms with Crippen molar-refractivity contribution in [1.82, 2.24) is 0 Å². The van der Waals surface area contributed by atoms with Gasteiger partial charge >= 0.3 is 0 Å². The Labute approximate surface area is 112 Å². The van der Waals surface area contributed by atoms with Crippen LogP contribution in [-0.2, 0) is 11.2 Å². The summed E-state index contributed by atoms with van der Waals surface area (Å²) >= 11 is 0. The summed E-state index contributed by atoms with van der Waals surface area (Å²) in [6.45, 7) is 3.81. The molecule has 1 heteroatoms. The molecule has 1 aromatic rings. The molecular formula is C17H25O. The molecule has 1 rings (SSSR count). The molecule has 0 aliphatic carbocycles. The Morgan fingerprint density at radius 1 is 0.889 bits per heavy atom. The fourth-order valence-electron chi connectivity index (χ4n) is 2.10. The van der Waals surface area contributed by atoms with Crippen LogP contribution in [0.5, 0.6) is 0 Å². The van der Waals surface area contributed by atoms with E-state index in [1.807, 2.05) is 6.07 Å². The highest BCUT2D eigenvalue weighted by Gasteiger charge is 2.01. The second-order valence-corrected chi connectivity index (χ2v) is 4.90. The van der Waals surface area contributed by atoms with E-state index >= 15 is 0 Å². The van der Waals surface area contributed by atoms with Crippen LogP contribution in [0.25, 0.3) is 0 Å². The lowest BCUT2D eigenvalue weighted by Crippen LogP contribution is -1.98. The quantitative estimate of drug-likeness (QED) is 0.543. The number of hydrogen-bond donors (Lipinski definition) is 0. The Balaban J connectivity index is 1.99. The van der Waals surface area contributed by atoms with Crippen molar-refractivity contribution in [2.24, 2.45) is 0 Å². The Morgan fingerprint density at radius 3 is 2.22 bits per heavy atom. The smallest absolute Gasteiger partial charge is 0.132 e. The van der Waals surface area contributed by atoms with Gasteiger partial charge in [0.15, 0.2) is 0 Å². The molecule has 1 aromatic carbocycles. The average Bonchev–Trinajstić information content (AvgIpc) is 2.41. The summed E-state index contributed by atoms with van der Waals surface area (Å²) in [6, 6.07) is 10.5. The third-order valence-electron chi connectivity index (χ3n) is 3.22. The number of aryl methyl sites for hydroxylation is 1. The topological polar surface area (TPSA) is 17.1 Å². The standard InChI is InChI=1S/C17H25O/c1-2-3-4-8-14-17(18)15-10-9-13-16-11-6-5-7-12-16/h5-7,11-12H,1-4,8-10,13-15H2. The molecule has 0 aliphatic rings. The molecule has 0 amide bonds. The molecule has 0 aliphatic heterocycles. The molecular weight excluding hydrogens is 220 g/mol. The Bertz CT molecular complexity index is 316. The molecule has 1 nitrogen and oxygen atoms in total. The summed E-state index contributed by atoms with van der Waals surface area (Å²) in [5.41, 5.74) is 1.38. The largest absolute Gasteiger partial charge is 0.300 e. The van der Waals surface area contributed by atoms with Gasteiger partial charge in [-0.1, -0.05) is 56.5 Å². The summed E-state index contributed by atoms with van der Waals surface area (Å²) in [4.78, 5) is 11.6. The first kappa shape index (κ1) is 14.9. The molecule has 0 saturated carbocycles. The zero-order valence-electron chi connectivity index (χ0n) is 11.4. The van der Waals surface area contributed by atoms with Gasteiger partial charge < -0.3 is 0 Å². The highest BCUT2D eigenvalue weighted by Crippen LogP contribution is 2.09. The second kappa shape index (κ2) is 9.87. The maximum Gasteiger partial charge on any atom is 0.132 e. The maximum absolute atomic E-state index is 11.6. The molecule has 0 saturated heterocycles. The van der Waals surface area contributed by atoms with Crippen molar-refractivity contribution in [1.29, 1.82) is 0 Å². The number of rotatable bonds is 10. The number of ketones is 1. The van der Waals surface area contributed by atoms with Crippen LogP contribution < -0.4 is 0 Å². The van der Waals surface area contributed by atoms with E-state index in [1.54, 1.807) is 0 Å². The van der Waals surface area contributed by atoms with Crippen molar-refractivity contribution in [3.8, 4) is 0 Å². The molecule has 0 bridgehead atoms. The summed E-state index contributed by atoms with van der Waals surface area (Å²) in [5.74, 6) is 0.437. The monoisotopic (exact) mass is 245 g/mol. The molecule has 0 fully saturated rings. The minimum Gasteiger partial charge on any atom is -0.300 e. The van der Waals surface area contributed by atoms with E-state index in [2.05, 4.69) is 31.2 Å². The first-order chi connectivity index (χ1) is 8.83. The Morgan fingerprint density at radius 2 is 1.56 bits per heavy atom. The first-order valence-electron chi connectivity index (χ1n) is 7.18. The van der Waals surface area contributed by atoms with Crippen molar-refractivity contribution in [2.75, 3.05) is 0 Å². The average molecular weight is 245 g/mol. The Kier molecular flexibility index (Phi) is 8.20. The highest BCUT2D eigenvalue weighted by atomic mass is 16.1. The first-order valence-corrected chi connectivity index (χ1v) is 7.18. The molecule has 1 radical (unpaired) electrons. The normalized spacial score (nSPS) is 10.5. The van der Waals surface area contributed by atoms with Gasteiger partial charge in [0.25, 0.3) is 0 Å². The lowest BCUT2D eigenvalue weighted by molar-refractivity contribution is -0.119. The van der Waals surface area contributed by atoms with Crippen LogP contribution in [0.1, 0.15) is 56.9 Å². The van der Waals surface area contributed by atoms with Crippen LogP contribution in [0.3, 0.4) is 0 Å². The number of unbranched alkanes of at least 4 members (excludes halogenated alkanes) is 4. The van der Waals surface area contributed by atoms with Crippen LogP contribution >= 0.6 is 0 Å². The number of carbonyl (C=O) groups is 1. The number of benzene rings is 1. The van der Waals surface area contributed by atoms with Gasteiger partial charge in [0, 0.05) is 12.8 Å². The van der Waals surface area contributed by atoms with Gasteiger partial charge in [0.1, 0.15) is 5.78 Å². The van der Waals surface area contributed by atoms with Gasteiger partial charge in [0.2, 0.25) is 0 Å². The predicted octanol–water partition coefficient (Wildman–Crippen LogP) is 4.75. The second-order valence-electron chi connectivity index (χ2n) is 4.90. The van der Waals surface area contributed by atoms with Crippen molar-refractivity contribution in [3.05, 3.63) is 42.8 Å². The lowest BCUT2D eigenvalue weighted by Gasteiger charge is -2.02. The van der Waals surface area contributed by atoms with Crippen molar-refractivity contribution < 1.29 is 4.79 Å². The van der Waals surface area contributed by atoms with E-state index in [0.29, 0.717) is 5.78 Å². The van der Waals surface area contributed by atoms with Crippen molar-refractivity contribution >= 4 is 5.78 Å². The summed E-state index contributed by atoms with van der Waals surface area (Å²) in [6.07, 6.45) is 9.12. The Hall–Kier alpha value is -1.11. The van der Waals surface area contributed by atoms with Gasteiger partial charge in [-0.15, -0.1) is 0 Å². The zero-order chi connectivity index (χ0) is 13.1. The molecule has 0 unspecified atom stereocenters. The van der Waals surface area contributed by atoms with Gasteiger partial charge in [-0.3, -0.25) is 4.79 Å². The fraction of sp³-hybridized carbons (Fsp3) is 0.529. The molecule has 0 atom stereocenters. The molecule has 0 N–H and O–H groups in total. The van der Waals surface area contributed by atoms with Gasteiger partial charge in [-0.05, 0) is 31.2 Å². The maximum atomic E-state index is 11.6. The van der Waals surface area contributed by atoms with E-state index in [9.17, 15) is 4.79 Å².